The Bertz CT molecular complexity index is 251. The van der Waals surface area contributed by atoms with Crippen molar-refractivity contribution < 1.29 is 0 Å². The summed E-state index contributed by atoms with van der Waals surface area (Å²) in [6, 6.07) is 0. The van der Waals surface area contributed by atoms with Gasteiger partial charge in [0.25, 0.3) is 0 Å². The van der Waals surface area contributed by atoms with Crippen LogP contribution in [0.5, 0.6) is 0 Å². The van der Waals surface area contributed by atoms with E-state index in [9.17, 15) is 0 Å². The van der Waals surface area contributed by atoms with Gasteiger partial charge < -0.3 is 5.73 Å². The van der Waals surface area contributed by atoms with Crippen LogP contribution < -0.4 is 5.73 Å². The van der Waals surface area contributed by atoms with Crippen LogP contribution in [0.4, 0.5) is 0 Å². The Morgan fingerprint density at radius 3 is 2.06 bits per heavy atom. The van der Waals surface area contributed by atoms with E-state index < -0.39 is 0 Å². The van der Waals surface area contributed by atoms with E-state index in [4.69, 9.17) is 5.73 Å². The minimum Gasteiger partial charge on any atom is -0.329 e. The van der Waals surface area contributed by atoms with Gasteiger partial charge in [0.2, 0.25) is 0 Å². The van der Waals surface area contributed by atoms with Gasteiger partial charge in [-0.1, -0.05) is 34.1 Å². The topological polar surface area (TPSA) is 29.3 Å². The lowest BCUT2D eigenvalue weighted by molar-refractivity contribution is 0.0276. The number of hydrogen-bond acceptors (Lipinski definition) is 2. The first-order valence-electron chi connectivity index (χ1n) is 6.88. The van der Waals surface area contributed by atoms with Gasteiger partial charge in [0.15, 0.2) is 0 Å². The first kappa shape index (κ1) is 12.4. The van der Waals surface area contributed by atoms with Crippen LogP contribution in [0.15, 0.2) is 0 Å². The maximum absolute atomic E-state index is 6.17. The van der Waals surface area contributed by atoms with Gasteiger partial charge in [-0.05, 0) is 30.1 Å². The molecule has 1 aliphatic carbocycles. The van der Waals surface area contributed by atoms with Crippen molar-refractivity contribution in [2.75, 3.05) is 19.6 Å². The molecule has 16 heavy (non-hydrogen) atoms. The average molecular weight is 224 g/mol. The van der Waals surface area contributed by atoms with Gasteiger partial charge in [-0.3, -0.25) is 4.90 Å². The van der Waals surface area contributed by atoms with Crippen LogP contribution in [-0.2, 0) is 0 Å². The van der Waals surface area contributed by atoms with Gasteiger partial charge in [0.05, 0.1) is 0 Å². The third-order valence-corrected chi connectivity index (χ3v) is 5.58. The van der Waals surface area contributed by atoms with Crippen LogP contribution in [0.3, 0.4) is 0 Å². The Hall–Kier alpha value is -0.0800. The van der Waals surface area contributed by atoms with Crippen molar-refractivity contribution in [2.24, 2.45) is 23.0 Å². The lowest BCUT2D eigenvalue weighted by atomic mass is 9.73. The molecule has 1 saturated heterocycles. The van der Waals surface area contributed by atoms with Crippen LogP contribution in [0.2, 0.25) is 0 Å². The number of likely N-dealkylation sites (tertiary alicyclic amines) is 1. The molecule has 1 saturated carbocycles. The highest BCUT2D eigenvalue weighted by molar-refractivity contribution is 5.08. The van der Waals surface area contributed by atoms with Crippen molar-refractivity contribution in [3.63, 3.8) is 0 Å². The number of nitrogens with zero attached hydrogens (tertiary/aromatic N) is 1. The summed E-state index contributed by atoms with van der Waals surface area (Å²) < 4.78 is 0. The monoisotopic (exact) mass is 224 g/mol. The van der Waals surface area contributed by atoms with Gasteiger partial charge >= 0.3 is 0 Å². The van der Waals surface area contributed by atoms with E-state index in [1.807, 2.05) is 0 Å². The third kappa shape index (κ3) is 1.62. The Kier molecular flexibility index (Phi) is 3.09. The predicted molar refractivity (Wildman–Crippen MR) is 69.3 cm³/mol. The summed E-state index contributed by atoms with van der Waals surface area (Å²) in [5, 5.41) is 0. The molecule has 0 aromatic rings. The van der Waals surface area contributed by atoms with Gasteiger partial charge in [0.1, 0.15) is 0 Å². The van der Waals surface area contributed by atoms with Gasteiger partial charge in [0, 0.05) is 25.2 Å². The van der Waals surface area contributed by atoms with E-state index in [1.54, 1.807) is 0 Å². The van der Waals surface area contributed by atoms with E-state index in [0.29, 0.717) is 5.41 Å². The Balaban J connectivity index is 2.23. The molecule has 0 aromatic heterocycles. The third-order valence-electron chi connectivity index (χ3n) is 5.58. The zero-order chi connectivity index (χ0) is 12.0. The molecule has 2 heteroatoms. The largest absolute Gasteiger partial charge is 0.329 e. The van der Waals surface area contributed by atoms with E-state index in [1.165, 1.54) is 32.4 Å². The molecule has 2 rings (SSSR count). The van der Waals surface area contributed by atoms with Crippen molar-refractivity contribution in [3.05, 3.63) is 0 Å². The molecule has 0 spiro atoms. The summed E-state index contributed by atoms with van der Waals surface area (Å²) in [6.07, 6.45) is 3.99. The standard InChI is InChI=1S/C14H28N2/c1-11-8-16(9-12(11)2)14(10-15)7-5-6-13(14,3)4/h11-12H,5-10,15H2,1-4H3. The minimum atomic E-state index is 0.284. The summed E-state index contributed by atoms with van der Waals surface area (Å²) in [6.45, 7) is 12.9. The van der Waals surface area contributed by atoms with Crippen LogP contribution >= 0.6 is 0 Å². The molecule has 0 radical (unpaired) electrons. The first-order chi connectivity index (χ1) is 7.43. The quantitative estimate of drug-likeness (QED) is 0.781. The van der Waals surface area contributed by atoms with Crippen LogP contribution in [0.25, 0.3) is 0 Å². The molecule has 0 amide bonds. The number of nitrogens with two attached hydrogens (primary N) is 1. The summed E-state index contributed by atoms with van der Waals surface area (Å²) in [4.78, 5) is 2.72. The maximum atomic E-state index is 6.17. The summed E-state index contributed by atoms with van der Waals surface area (Å²) in [7, 11) is 0. The summed E-state index contributed by atoms with van der Waals surface area (Å²) in [5.74, 6) is 1.67. The normalized spacial score (nSPS) is 44.1. The molecular weight excluding hydrogens is 196 g/mol. The van der Waals surface area contributed by atoms with Crippen LogP contribution in [0, 0.1) is 17.3 Å². The average Bonchev–Trinajstić information content (AvgIpc) is 2.68. The van der Waals surface area contributed by atoms with E-state index in [2.05, 4.69) is 32.6 Å². The molecule has 2 N–H and O–H groups in total. The predicted octanol–water partition coefficient (Wildman–Crippen LogP) is 2.48. The van der Waals surface area contributed by atoms with E-state index >= 15 is 0 Å². The molecule has 2 fully saturated rings. The highest BCUT2D eigenvalue weighted by Gasteiger charge is 2.53. The second kappa shape index (κ2) is 3.99. The fraction of sp³-hybridized carbons (Fsp3) is 1.00. The molecule has 1 heterocycles. The fourth-order valence-electron chi connectivity index (χ4n) is 3.97. The van der Waals surface area contributed by atoms with Crippen LogP contribution in [-0.4, -0.2) is 30.1 Å². The lowest BCUT2D eigenvalue weighted by Crippen LogP contribution is -2.59. The molecule has 3 atom stereocenters. The number of hydrogen-bond donors (Lipinski definition) is 1. The van der Waals surface area contributed by atoms with Crippen LogP contribution in [0.1, 0.15) is 47.0 Å². The molecule has 1 aliphatic heterocycles. The van der Waals surface area contributed by atoms with Crippen molar-refractivity contribution in [2.45, 2.75) is 52.5 Å². The Labute approximate surface area is 101 Å². The molecule has 2 aliphatic rings. The van der Waals surface area contributed by atoms with E-state index in [0.717, 1.165) is 18.4 Å². The Morgan fingerprint density at radius 2 is 1.69 bits per heavy atom. The zero-order valence-corrected chi connectivity index (χ0v) is 11.4. The molecule has 94 valence electrons. The fourth-order valence-corrected chi connectivity index (χ4v) is 3.97. The van der Waals surface area contributed by atoms with Gasteiger partial charge in [-0.2, -0.15) is 0 Å². The number of rotatable bonds is 2. The zero-order valence-electron chi connectivity index (χ0n) is 11.4. The highest BCUT2D eigenvalue weighted by Crippen LogP contribution is 2.50. The van der Waals surface area contributed by atoms with Crippen molar-refractivity contribution in [1.29, 1.82) is 0 Å². The smallest absolute Gasteiger partial charge is 0.0382 e. The van der Waals surface area contributed by atoms with Crippen molar-refractivity contribution in [3.8, 4) is 0 Å². The van der Waals surface area contributed by atoms with Crippen molar-refractivity contribution >= 4 is 0 Å². The molecule has 0 bridgehead atoms. The summed E-state index contributed by atoms with van der Waals surface area (Å²) >= 11 is 0. The molecule has 2 nitrogen and oxygen atoms in total. The SMILES string of the molecule is CC1CN(C2(CN)CCCC2(C)C)CC1C. The molecule has 0 aromatic carbocycles. The van der Waals surface area contributed by atoms with Gasteiger partial charge in [-0.25, -0.2) is 0 Å². The van der Waals surface area contributed by atoms with E-state index in [-0.39, 0.29) is 5.54 Å². The highest BCUT2D eigenvalue weighted by atomic mass is 15.2. The summed E-state index contributed by atoms with van der Waals surface area (Å²) in [5.41, 5.74) is 6.85. The second-order valence-electron chi connectivity index (χ2n) is 6.83. The second-order valence-corrected chi connectivity index (χ2v) is 6.83. The molecular formula is C14H28N2. The minimum absolute atomic E-state index is 0.284. The maximum Gasteiger partial charge on any atom is 0.0382 e. The lowest BCUT2D eigenvalue weighted by Gasteiger charge is -2.48. The molecule has 3 unspecified atom stereocenters. The van der Waals surface area contributed by atoms with Gasteiger partial charge in [-0.15, -0.1) is 0 Å². The Morgan fingerprint density at radius 1 is 1.12 bits per heavy atom. The first-order valence-corrected chi connectivity index (χ1v) is 6.88. The van der Waals surface area contributed by atoms with Crippen molar-refractivity contribution in [1.82, 2.24) is 4.90 Å².